The van der Waals surface area contributed by atoms with Gasteiger partial charge in [0.1, 0.15) is 17.4 Å². The highest BCUT2D eigenvalue weighted by molar-refractivity contribution is 6.19. The van der Waals surface area contributed by atoms with Gasteiger partial charge in [0.15, 0.2) is 0 Å². The molecule has 0 unspecified atom stereocenters. The molecule has 3 aromatic rings. The highest BCUT2D eigenvalue weighted by atomic mass is 16.5. The number of nitriles is 1. The lowest BCUT2D eigenvalue weighted by atomic mass is 9.93. The molecule has 8 heteroatoms. The Morgan fingerprint density at radius 3 is 2.46 bits per heavy atom. The molecule has 39 heavy (non-hydrogen) atoms. The number of methoxy groups -OCH3 is 1. The van der Waals surface area contributed by atoms with Crippen molar-refractivity contribution in [3.05, 3.63) is 82.6 Å². The Kier molecular flexibility index (Phi) is 8.43. The summed E-state index contributed by atoms with van der Waals surface area (Å²) in [4.78, 5) is 27.4. The van der Waals surface area contributed by atoms with Crippen LogP contribution in [0.1, 0.15) is 31.9 Å². The van der Waals surface area contributed by atoms with E-state index in [1.54, 1.807) is 17.7 Å². The van der Waals surface area contributed by atoms with E-state index < -0.39 is 11.8 Å². The molecule has 0 fully saturated rings. The predicted molar refractivity (Wildman–Crippen MR) is 149 cm³/mol. The number of ether oxygens (including phenoxy) is 2. The van der Waals surface area contributed by atoms with Crippen LogP contribution in [-0.4, -0.2) is 53.4 Å². The van der Waals surface area contributed by atoms with E-state index in [0.717, 1.165) is 27.5 Å². The summed E-state index contributed by atoms with van der Waals surface area (Å²) in [6, 6.07) is 17.5. The minimum atomic E-state index is -0.609. The fraction of sp³-hybridized carbons (Fsp3) is 0.290. The SMILES string of the molecule is COCCN1C(=O)C(C#N)=C(C)/C(=C\c2cn(-c3ccccc3)nc2-c2ccc(OCC(C)C)c(C)c2)C1=O. The maximum absolute atomic E-state index is 13.5. The average Bonchev–Trinajstić information content (AvgIpc) is 3.35. The minimum Gasteiger partial charge on any atom is -0.493 e. The van der Waals surface area contributed by atoms with Crippen molar-refractivity contribution < 1.29 is 19.1 Å². The summed E-state index contributed by atoms with van der Waals surface area (Å²) in [6.07, 6.45) is 3.56. The zero-order chi connectivity index (χ0) is 28.1. The molecule has 0 saturated heterocycles. The number of aromatic nitrogens is 2. The maximum Gasteiger partial charge on any atom is 0.271 e. The van der Waals surface area contributed by atoms with Crippen LogP contribution >= 0.6 is 0 Å². The van der Waals surface area contributed by atoms with Gasteiger partial charge >= 0.3 is 0 Å². The molecular formula is C31H32N4O4. The number of carbonyl (C=O) groups is 2. The molecule has 2 heterocycles. The van der Waals surface area contributed by atoms with Crippen molar-refractivity contribution in [2.45, 2.75) is 27.7 Å². The van der Waals surface area contributed by atoms with Crippen LogP contribution in [0.3, 0.4) is 0 Å². The molecule has 8 nitrogen and oxygen atoms in total. The smallest absolute Gasteiger partial charge is 0.271 e. The fourth-order valence-corrected chi connectivity index (χ4v) is 4.32. The van der Waals surface area contributed by atoms with Crippen molar-refractivity contribution in [3.8, 4) is 28.8 Å². The number of benzene rings is 2. The largest absolute Gasteiger partial charge is 0.493 e. The van der Waals surface area contributed by atoms with Gasteiger partial charge in [0.2, 0.25) is 0 Å². The Labute approximate surface area is 228 Å². The van der Waals surface area contributed by atoms with Crippen LogP contribution in [0.2, 0.25) is 0 Å². The van der Waals surface area contributed by atoms with Gasteiger partial charge in [-0.1, -0.05) is 32.0 Å². The van der Waals surface area contributed by atoms with Crippen molar-refractivity contribution in [2.24, 2.45) is 5.92 Å². The number of imide groups is 1. The molecule has 0 bridgehead atoms. The first-order valence-electron chi connectivity index (χ1n) is 12.8. The number of hydrogen-bond donors (Lipinski definition) is 0. The summed E-state index contributed by atoms with van der Waals surface area (Å²) in [5.74, 6) is 0.131. The molecule has 0 radical (unpaired) electrons. The lowest BCUT2D eigenvalue weighted by Crippen LogP contribution is -2.44. The van der Waals surface area contributed by atoms with E-state index >= 15 is 0 Å². The molecule has 200 valence electrons. The summed E-state index contributed by atoms with van der Waals surface area (Å²) in [5.41, 5.74) is 4.56. The van der Waals surface area contributed by atoms with Gasteiger partial charge in [-0.05, 0) is 67.3 Å². The summed E-state index contributed by atoms with van der Waals surface area (Å²) < 4.78 is 12.8. The van der Waals surface area contributed by atoms with Crippen molar-refractivity contribution >= 4 is 17.9 Å². The van der Waals surface area contributed by atoms with Gasteiger partial charge < -0.3 is 9.47 Å². The molecular weight excluding hydrogens is 492 g/mol. The molecule has 4 rings (SSSR count). The monoisotopic (exact) mass is 524 g/mol. The summed E-state index contributed by atoms with van der Waals surface area (Å²) in [7, 11) is 1.49. The summed E-state index contributed by atoms with van der Waals surface area (Å²) in [5, 5.41) is 14.6. The van der Waals surface area contributed by atoms with E-state index in [1.807, 2.05) is 67.7 Å². The van der Waals surface area contributed by atoms with Crippen molar-refractivity contribution in [2.75, 3.05) is 26.9 Å². The zero-order valence-electron chi connectivity index (χ0n) is 22.9. The first-order valence-corrected chi connectivity index (χ1v) is 12.8. The van der Waals surface area contributed by atoms with E-state index in [9.17, 15) is 14.9 Å². The number of nitrogens with zero attached hydrogens (tertiary/aromatic N) is 4. The lowest BCUT2D eigenvalue weighted by Gasteiger charge is -2.27. The van der Waals surface area contributed by atoms with Crippen molar-refractivity contribution in [1.82, 2.24) is 14.7 Å². The van der Waals surface area contributed by atoms with E-state index in [0.29, 0.717) is 29.4 Å². The van der Waals surface area contributed by atoms with Gasteiger partial charge in [-0.2, -0.15) is 10.4 Å². The van der Waals surface area contributed by atoms with Crippen LogP contribution in [0.5, 0.6) is 5.75 Å². The standard InChI is InChI=1S/C31H32N4O4/c1-20(2)19-39-28-12-11-23(15-21(28)3)29-24(18-35(33-29)25-9-7-6-8-10-25)16-26-22(4)27(17-32)31(37)34(30(26)36)13-14-38-5/h6-12,15-16,18,20H,13-14,19H2,1-5H3/b26-16+. The van der Waals surface area contributed by atoms with E-state index in [1.165, 1.54) is 7.11 Å². The van der Waals surface area contributed by atoms with Gasteiger partial charge in [-0.15, -0.1) is 0 Å². The molecule has 0 N–H and O–H groups in total. The Morgan fingerprint density at radius 2 is 1.82 bits per heavy atom. The molecule has 2 aromatic carbocycles. The number of hydrogen-bond acceptors (Lipinski definition) is 6. The van der Waals surface area contributed by atoms with Crippen LogP contribution in [-0.2, 0) is 14.3 Å². The molecule has 1 aliphatic heterocycles. The normalized spacial score (nSPS) is 14.9. The third-order valence-electron chi connectivity index (χ3n) is 6.43. The van der Waals surface area contributed by atoms with E-state index in [-0.39, 0.29) is 24.3 Å². The highest BCUT2D eigenvalue weighted by Gasteiger charge is 2.35. The molecule has 0 spiro atoms. The van der Waals surface area contributed by atoms with E-state index in [2.05, 4.69) is 13.8 Å². The zero-order valence-corrected chi connectivity index (χ0v) is 22.9. The second-order valence-corrected chi connectivity index (χ2v) is 9.82. The molecule has 0 aliphatic carbocycles. The Morgan fingerprint density at radius 1 is 1.08 bits per heavy atom. The topological polar surface area (TPSA) is 97.5 Å². The number of aryl methyl sites for hydroxylation is 1. The Bertz CT molecular complexity index is 1490. The Hall–Kier alpha value is -4.48. The minimum absolute atomic E-state index is 0.0527. The van der Waals surface area contributed by atoms with Crippen LogP contribution in [0.25, 0.3) is 23.0 Å². The summed E-state index contributed by atoms with van der Waals surface area (Å²) >= 11 is 0. The first kappa shape index (κ1) is 27.6. The number of para-hydroxylation sites is 1. The van der Waals surface area contributed by atoms with Crippen molar-refractivity contribution in [3.63, 3.8) is 0 Å². The Balaban J connectivity index is 1.86. The van der Waals surface area contributed by atoms with Gasteiger partial charge in [0, 0.05) is 30.0 Å². The van der Waals surface area contributed by atoms with Crippen molar-refractivity contribution in [1.29, 1.82) is 5.26 Å². The second kappa shape index (κ2) is 11.9. The molecule has 2 amide bonds. The molecule has 0 saturated carbocycles. The third-order valence-corrected chi connectivity index (χ3v) is 6.43. The molecule has 0 atom stereocenters. The van der Waals surface area contributed by atoms with Gasteiger partial charge in [-0.3, -0.25) is 14.5 Å². The number of rotatable bonds is 9. The molecule has 1 aliphatic rings. The van der Waals surface area contributed by atoms with Gasteiger partial charge in [0.05, 0.1) is 31.1 Å². The van der Waals surface area contributed by atoms with E-state index in [4.69, 9.17) is 14.6 Å². The quantitative estimate of drug-likeness (QED) is 0.285. The highest BCUT2D eigenvalue weighted by Crippen LogP contribution is 2.33. The third kappa shape index (κ3) is 5.84. The van der Waals surface area contributed by atoms with Crippen LogP contribution in [0, 0.1) is 24.2 Å². The van der Waals surface area contributed by atoms with Crippen LogP contribution in [0.15, 0.2) is 71.4 Å². The second-order valence-electron chi connectivity index (χ2n) is 9.82. The molecule has 1 aromatic heterocycles. The number of carbonyl (C=O) groups excluding carboxylic acids is 2. The average molecular weight is 525 g/mol. The maximum atomic E-state index is 13.5. The fourth-order valence-electron chi connectivity index (χ4n) is 4.32. The lowest BCUT2D eigenvalue weighted by molar-refractivity contribution is -0.141. The van der Waals surface area contributed by atoms with Gasteiger partial charge in [0.25, 0.3) is 11.8 Å². The van der Waals surface area contributed by atoms with Crippen LogP contribution < -0.4 is 4.74 Å². The first-order chi connectivity index (χ1) is 18.7. The summed E-state index contributed by atoms with van der Waals surface area (Å²) in [6.45, 7) is 8.66. The predicted octanol–water partition coefficient (Wildman–Crippen LogP) is 5.12. The number of amides is 2. The van der Waals surface area contributed by atoms with Gasteiger partial charge in [-0.25, -0.2) is 4.68 Å². The van der Waals surface area contributed by atoms with Crippen LogP contribution in [0.4, 0.5) is 0 Å².